The van der Waals surface area contributed by atoms with Crippen molar-refractivity contribution in [3.8, 4) is 0 Å². The Balaban J connectivity index is 0.000000561. The molecule has 3 N–H and O–H groups in total. The summed E-state index contributed by atoms with van der Waals surface area (Å²) in [6, 6.07) is 1.69. The number of nitrogens with two attached hydrogens (primary N) is 1. The minimum absolute atomic E-state index is 0.613. The van der Waals surface area contributed by atoms with Gasteiger partial charge in [-0.3, -0.25) is 4.98 Å². The lowest BCUT2D eigenvalue weighted by atomic mass is 10.2. The van der Waals surface area contributed by atoms with Gasteiger partial charge in [-0.25, -0.2) is 0 Å². The van der Waals surface area contributed by atoms with E-state index >= 15 is 0 Å². The third-order valence-electron chi connectivity index (χ3n) is 1.37. The summed E-state index contributed by atoms with van der Waals surface area (Å²) >= 11 is 0. The summed E-state index contributed by atoms with van der Waals surface area (Å²) in [5.41, 5.74) is 7.67. The Kier molecular flexibility index (Phi) is 4.69. The van der Waals surface area contributed by atoms with Crippen molar-refractivity contribution in [3.63, 3.8) is 0 Å². The SMILES string of the molecule is CC.Cc1nccc(N)c1C=N. The van der Waals surface area contributed by atoms with Gasteiger partial charge in [0.15, 0.2) is 0 Å². The van der Waals surface area contributed by atoms with Crippen LogP contribution in [0.15, 0.2) is 12.3 Å². The molecule has 0 atom stereocenters. The molecule has 1 rings (SSSR count). The minimum atomic E-state index is 0.613. The number of nitrogen functional groups attached to an aromatic ring is 1. The third-order valence-corrected chi connectivity index (χ3v) is 1.37. The van der Waals surface area contributed by atoms with Crippen molar-refractivity contribution in [3.05, 3.63) is 23.5 Å². The van der Waals surface area contributed by atoms with Crippen molar-refractivity contribution in [1.82, 2.24) is 4.98 Å². The van der Waals surface area contributed by atoms with Crippen LogP contribution in [0.4, 0.5) is 5.69 Å². The van der Waals surface area contributed by atoms with Gasteiger partial charge in [0, 0.05) is 29.4 Å². The van der Waals surface area contributed by atoms with Gasteiger partial charge in [0.2, 0.25) is 0 Å². The molecular formula is C9H15N3. The second-order valence-corrected chi connectivity index (χ2v) is 2.04. The second-order valence-electron chi connectivity index (χ2n) is 2.04. The van der Waals surface area contributed by atoms with Crippen molar-refractivity contribution >= 4 is 11.9 Å². The van der Waals surface area contributed by atoms with Crippen molar-refractivity contribution in [2.75, 3.05) is 5.73 Å². The molecule has 0 aliphatic rings. The molecule has 3 heteroatoms. The number of pyridine rings is 1. The summed E-state index contributed by atoms with van der Waals surface area (Å²) in [6.07, 6.45) is 2.86. The van der Waals surface area contributed by atoms with E-state index in [1.807, 2.05) is 20.8 Å². The molecule has 0 aliphatic carbocycles. The van der Waals surface area contributed by atoms with Crippen molar-refractivity contribution < 1.29 is 0 Å². The molecule has 0 radical (unpaired) electrons. The highest BCUT2D eigenvalue weighted by Gasteiger charge is 1.97. The molecule has 1 heterocycles. The van der Waals surface area contributed by atoms with E-state index in [-0.39, 0.29) is 0 Å². The lowest BCUT2D eigenvalue weighted by Gasteiger charge is -2.00. The van der Waals surface area contributed by atoms with Crippen molar-refractivity contribution in [1.29, 1.82) is 5.41 Å². The zero-order chi connectivity index (χ0) is 9.56. The highest BCUT2D eigenvalue weighted by Crippen LogP contribution is 2.09. The second kappa shape index (κ2) is 5.29. The third kappa shape index (κ3) is 2.34. The first-order valence-electron chi connectivity index (χ1n) is 3.97. The smallest absolute Gasteiger partial charge is 0.0480 e. The monoisotopic (exact) mass is 165 g/mol. The number of rotatable bonds is 1. The fourth-order valence-electron chi connectivity index (χ4n) is 0.785. The van der Waals surface area contributed by atoms with Gasteiger partial charge in [0.1, 0.15) is 0 Å². The van der Waals surface area contributed by atoms with E-state index in [0.717, 1.165) is 5.69 Å². The molecule has 0 amide bonds. The number of anilines is 1. The first kappa shape index (κ1) is 10.6. The van der Waals surface area contributed by atoms with Gasteiger partial charge in [0.05, 0.1) is 0 Å². The van der Waals surface area contributed by atoms with Gasteiger partial charge >= 0.3 is 0 Å². The summed E-state index contributed by atoms with van der Waals surface area (Å²) in [4.78, 5) is 3.98. The number of aryl methyl sites for hydroxylation is 1. The van der Waals surface area contributed by atoms with Crippen LogP contribution in [-0.2, 0) is 0 Å². The van der Waals surface area contributed by atoms with E-state index in [9.17, 15) is 0 Å². The minimum Gasteiger partial charge on any atom is -0.398 e. The number of aromatic nitrogens is 1. The Bertz CT molecular complexity index is 236. The maximum absolute atomic E-state index is 6.98. The van der Waals surface area contributed by atoms with Gasteiger partial charge in [-0.1, -0.05) is 13.8 Å². The van der Waals surface area contributed by atoms with Crippen LogP contribution in [0.3, 0.4) is 0 Å². The van der Waals surface area contributed by atoms with Crippen molar-refractivity contribution in [2.45, 2.75) is 20.8 Å². The zero-order valence-corrected chi connectivity index (χ0v) is 7.76. The average molecular weight is 165 g/mol. The molecule has 0 aliphatic heterocycles. The Morgan fingerprint density at radius 1 is 1.50 bits per heavy atom. The summed E-state index contributed by atoms with van der Waals surface area (Å²) in [7, 11) is 0. The van der Waals surface area contributed by atoms with Gasteiger partial charge in [-0.15, -0.1) is 0 Å². The normalized spacial score (nSPS) is 8.25. The lowest BCUT2D eigenvalue weighted by Crippen LogP contribution is -1.97. The summed E-state index contributed by atoms with van der Waals surface area (Å²) < 4.78 is 0. The largest absolute Gasteiger partial charge is 0.398 e. The van der Waals surface area contributed by atoms with Crippen LogP contribution < -0.4 is 5.73 Å². The van der Waals surface area contributed by atoms with Crippen molar-refractivity contribution in [2.24, 2.45) is 0 Å². The van der Waals surface area contributed by atoms with E-state index in [4.69, 9.17) is 11.1 Å². The lowest BCUT2D eigenvalue weighted by molar-refractivity contribution is 1.19. The summed E-state index contributed by atoms with van der Waals surface area (Å²) in [5, 5.41) is 6.98. The van der Waals surface area contributed by atoms with E-state index in [0.29, 0.717) is 11.3 Å². The Morgan fingerprint density at radius 3 is 2.42 bits per heavy atom. The fraction of sp³-hybridized carbons (Fsp3) is 0.333. The highest BCUT2D eigenvalue weighted by atomic mass is 14.7. The molecule has 66 valence electrons. The highest BCUT2D eigenvalue weighted by molar-refractivity contribution is 5.85. The number of nitrogens with one attached hydrogen (secondary N) is 1. The van der Waals surface area contributed by atoms with Gasteiger partial charge < -0.3 is 11.1 Å². The molecule has 12 heavy (non-hydrogen) atoms. The molecule has 0 bridgehead atoms. The number of hydrogen-bond acceptors (Lipinski definition) is 3. The van der Waals surface area contributed by atoms with Crippen LogP contribution in [0.25, 0.3) is 0 Å². The van der Waals surface area contributed by atoms with Crippen LogP contribution in [0, 0.1) is 12.3 Å². The topological polar surface area (TPSA) is 62.8 Å². The van der Waals surface area contributed by atoms with Gasteiger partial charge in [-0.2, -0.15) is 0 Å². The zero-order valence-electron chi connectivity index (χ0n) is 7.76. The molecular weight excluding hydrogens is 150 g/mol. The number of hydrogen-bond donors (Lipinski definition) is 2. The van der Waals surface area contributed by atoms with Crippen LogP contribution in [-0.4, -0.2) is 11.2 Å². The molecule has 0 unspecified atom stereocenters. The van der Waals surface area contributed by atoms with Crippen LogP contribution in [0.1, 0.15) is 25.1 Å². The summed E-state index contributed by atoms with van der Waals surface area (Å²) in [5.74, 6) is 0. The number of nitrogens with zero attached hydrogens (tertiary/aromatic N) is 1. The van der Waals surface area contributed by atoms with Crippen LogP contribution in [0.2, 0.25) is 0 Å². The van der Waals surface area contributed by atoms with Gasteiger partial charge in [-0.05, 0) is 13.0 Å². The first-order valence-corrected chi connectivity index (χ1v) is 3.97. The fourth-order valence-corrected chi connectivity index (χ4v) is 0.785. The first-order chi connectivity index (χ1) is 5.75. The van der Waals surface area contributed by atoms with E-state index in [1.165, 1.54) is 6.21 Å². The quantitative estimate of drug-likeness (QED) is 0.625. The molecule has 0 fully saturated rings. The maximum Gasteiger partial charge on any atom is 0.0480 e. The average Bonchev–Trinajstić information content (AvgIpc) is 2.08. The van der Waals surface area contributed by atoms with Crippen LogP contribution >= 0.6 is 0 Å². The molecule has 1 aromatic rings. The Labute approximate surface area is 73.1 Å². The molecule has 0 spiro atoms. The molecule has 1 aromatic heterocycles. The predicted octanol–water partition coefficient (Wildman–Crippen LogP) is 2.00. The van der Waals surface area contributed by atoms with E-state index < -0.39 is 0 Å². The molecule has 3 nitrogen and oxygen atoms in total. The standard InChI is InChI=1S/C7H9N3.C2H6/c1-5-6(4-8)7(9)2-3-10-5;1-2/h2-4,8H,1H3,(H2,9,10);1-2H3. The molecule has 0 saturated heterocycles. The summed E-state index contributed by atoms with van der Waals surface area (Å²) in [6.45, 7) is 5.83. The van der Waals surface area contributed by atoms with E-state index in [1.54, 1.807) is 12.3 Å². The molecule has 0 aromatic carbocycles. The van der Waals surface area contributed by atoms with Gasteiger partial charge in [0.25, 0.3) is 0 Å². The van der Waals surface area contributed by atoms with Crippen LogP contribution in [0.5, 0.6) is 0 Å². The Morgan fingerprint density at radius 2 is 2.08 bits per heavy atom. The Hall–Kier alpha value is -1.38. The van der Waals surface area contributed by atoms with E-state index in [2.05, 4.69) is 4.98 Å². The maximum atomic E-state index is 6.98. The predicted molar refractivity (Wildman–Crippen MR) is 52.6 cm³/mol. The molecule has 0 saturated carbocycles.